The minimum absolute atomic E-state index is 0.158. The fraction of sp³-hybridized carbons (Fsp3) is 0.565. The van der Waals surface area contributed by atoms with Gasteiger partial charge in [-0.25, -0.2) is 0 Å². The number of nitriles is 1. The normalized spacial score (nSPS) is 11.5. The Kier molecular flexibility index (Phi) is 12.5. The third kappa shape index (κ3) is 9.05. The lowest BCUT2D eigenvalue weighted by Crippen LogP contribution is -2.26. The summed E-state index contributed by atoms with van der Waals surface area (Å²) >= 11 is 0. The highest BCUT2D eigenvalue weighted by atomic mass is 16.7. The van der Waals surface area contributed by atoms with Gasteiger partial charge in [-0.3, -0.25) is 4.79 Å². The van der Waals surface area contributed by atoms with Crippen LogP contribution < -0.4 is 10.1 Å². The van der Waals surface area contributed by atoms with Crippen LogP contribution >= 0.6 is 0 Å². The molecule has 0 aliphatic rings. The van der Waals surface area contributed by atoms with Crippen LogP contribution in [0.25, 0.3) is 5.57 Å². The van der Waals surface area contributed by atoms with Gasteiger partial charge in [-0.2, -0.15) is 5.26 Å². The second-order valence-corrected chi connectivity index (χ2v) is 6.92. The molecule has 0 saturated carbocycles. The molecule has 1 aromatic carbocycles. The Hall–Kier alpha value is -2.32. The summed E-state index contributed by atoms with van der Waals surface area (Å²) in [5.74, 6) is 0.374. The maximum atomic E-state index is 12.4. The van der Waals surface area contributed by atoms with Crippen molar-refractivity contribution in [1.82, 2.24) is 5.32 Å². The smallest absolute Gasteiger partial charge is 0.262 e. The molecule has 0 aliphatic heterocycles. The van der Waals surface area contributed by atoms with E-state index < -0.39 is 0 Å². The third-order valence-corrected chi connectivity index (χ3v) is 4.66. The van der Waals surface area contributed by atoms with Crippen LogP contribution in [0.2, 0.25) is 0 Å². The molecule has 28 heavy (non-hydrogen) atoms. The molecule has 5 nitrogen and oxygen atoms in total. The molecule has 0 fully saturated rings. The molecule has 1 N–H and O–H groups in total. The van der Waals surface area contributed by atoms with Gasteiger partial charge in [0.05, 0.1) is 0 Å². The summed E-state index contributed by atoms with van der Waals surface area (Å²) in [6.45, 7) is 4.80. The number of rotatable bonds is 14. The zero-order valence-corrected chi connectivity index (χ0v) is 17.6. The highest BCUT2D eigenvalue weighted by Gasteiger charge is 2.13. The SMILES string of the molecule is CCCCCCCCCCNC(=O)C(C#N)=C(C)c1ccc(OCOC)cc1. The Morgan fingerprint density at radius 1 is 1.04 bits per heavy atom. The van der Waals surface area contributed by atoms with Gasteiger partial charge >= 0.3 is 0 Å². The van der Waals surface area contributed by atoms with Gasteiger partial charge < -0.3 is 14.8 Å². The summed E-state index contributed by atoms with van der Waals surface area (Å²) in [5, 5.41) is 12.3. The Balaban J connectivity index is 2.45. The van der Waals surface area contributed by atoms with E-state index in [0.29, 0.717) is 17.9 Å². The molecule has 0 bridgehead atoms. The molecule has 0 heterocycles. The molecule has 154 valence electrons. The van der Waals surface area contributed by atoms with E-state index in [-0.39, 0.29) is 18.3 Å². The molecule has 1 rings (SSSR count). The van der Waals surface area contributed by atoms with Gasteiger partial charge in [0.1, 0.15) is 17.4 Å². The van der Waals surface area contributed by atoms with Gasteiger partial charge in [0.15, 0.2) is 6.79 Å². The Morgan fingerprint density at radius 2 is 1.64 bits per heavy atom. The van der Waals surface area contributed by atoms with Crippen molar-refractivity contribution in [3.05, 3.63) is 35.4 Å². The fourth-order valence-electron chi connectivity index (χ4n) is 2.93. The van der Waals surface area contributed by atoms with Crippen LogP contribution in [-0.4, -0.2) is 26.4 Å². The van der Waals surface area contributed by atoms with E-state index in [9.17, 15) is 10.1 Å². The number of nitrogens with zero attached hydrogens (tertiary/aromatic N) is 1. The molecule has 0 atom stereocenters. The van der Waals surface area contributed by atoms with Crippen molar-refractivity contribution < 1.29 is 14.3 Å². The number of hydrogen-bond acceptors (Lipinski definition) is 4. The Bertz CT molecular complexity index is 645. The van der Waals surface area contributed by atoms with Crippen LogP contribution in [0.4, 0.5) is 0 Å². The van der Waals surface area contributed by atoms with Crippen LogP contribution in [0.3, 0.4) is 0 Å². The van der Waals surface area contributed by atoms with Crippen LogP contribution in [0.1, 0.15) is 70.8 Å². The maximum Gasteiger partial charge on any atom is 0.262 e. The highest BCUT2D eigenvalue weighted by molar-refractivity contribution is 6.04. The molecular formula is C23H34N2O3. The number of unbranched alkanes of at least 4 members (excludes halogenated alkanes) is 7. The van der Waals surface area contributed by atoms with Crippen molar-refractivity contribution in [1.29, 1.82) is 5.26 Å². The number of hydrogen-bond donors (Lipinski definition) is 1. The molecule has 0 radical (unpaired) electrons. The summed E-state index contributed by atoms with van der Waals surface area (Å²) in [6, 6.07) is 9.31. The summed E-state index contributed by atoms with van der Waals surface area (Å²) in [7, 11) is 1.56. The summed E-state index contributed by atoms with van der Waals surface area (Å²) < 4.78 is 10.2. The summed E-state index contributed by atoms with van der Waals surface area (Å²) in [4.78, 5) is 12.4. The number of methoxy groups -OCH3 is 1. The number of amides is 1. The lowest BCUT2D eigenvalue weighted by atomic mass is 10.0. The number of ether oxygens (including phenoxy) is 2. The number of benzene rings is 1. The van der Waals surface area contributed by atoms with Crippen molar-refractivity contribution in [2.75, 3.05) is 20.4 Å². The molecule has 0 aliphatic carbocycles. The molecule has 1 amide bonds. The van der Waals surface area contributed by atoms with Crippen LogP contribution in [0.15, 0.2) is 29.8 Å². The third-order valence-electron chi connectivity index (χ3n) is 4.66. The van der Waals surface area contributed by atoms with E-state index in [0.717, 1.165) is 18.4 Å². The summed E-state index contributed by atoms with van der Waals surface area (Å²) in [6.07, 6.45) is 9.74. The van der Waals surface area contributed by atoms with Crippen LogP contribution in [0, 0.1) is 11.3 Å². The first-order chi connectivity index (χ1) is 13.6. The van der Waals surface area contributed by atoms with Crippen molar-refractivity contribution >= 4 is 11.5 Å². The fourth-order valence-corrected chi connectivity index (χ4v) is 2.93. The van der Waals surface area contributed by atoms with Crippen molar-refractivity contribution in [2.45, 2.75) is 65.2 Å². The van der Waals surface area contributed by atoms with E-state index in [2.05, 4.69) is 12.2 Å². The second-order valence-electron chi connectivity index (χ2n) is 6.92. The first-order valence-corrected chi connectivity index (χ1v) is 10.2. The zero-order chi connectivity index (χ0) is 20.6. The molecule has 0 saturated heterocycles. The number of nitrogens with one attached hydrogen (secondary N) is 1. The molecule has 0 spiro atoms. The number of carbonyl (C=O) groups is 1. The highest BCUT2D eigenvalue weighted by Crippen LogP contribution is 2.21. The van der Waals surface area contributed by atoms with Gasteiger partial charge in [0, 0.05) is 13.7 Å². The zero-order valence-electron chi connectivity index (χ0n) is 17.6. The summed E-state index contributed by atoms with van der Waals surface area (Å²) in [5.41, 5.74) is 1.64. The van der Waals surface area contributed by atoms with E-state index in [4.69, 9.17) is 9.47 Å². The van der Waals surface area contributed by atoms with Gasteiger partial charge in [-0.15, -0.1) is 0 Å². The molecule has 0 unspecified atom stereocenters. The topological polar surface area (TPSA) is 71.4 Å². The molecule has 5 heteroatoms. The lowest BCUT2D eigenvalue weighted by Gasteiger charge is -2.09. The number of allylic oxidation sites excluding steroid dienone is 1. The minimum Gasteiger partial charge on any atom is -0.468 e. The predicted molar refractivity (Wildman–Crippen MR) is 113 cm³/mol. The van der Waals surface area contributed by atoms with Crippen LogP contribution in [0.5, 0.6) is 5.75 Å². The van der Waals surface area contributed by atoms with E-state index in [1.165, 1.54) is 38.5 Å². The lowest BCUT2D eigenvalue weighted by molar-refractivity contribution is -0.117. The maximum absolute atomic E-state index is 12.4. The van der Waals surface area contributed by atoms with E-state index >= 15 is 0 Å². The van der Waals surface area contributed by atoms with Crippen molar-refractivity contribution in [2.24, 2.45) is 0 Å². The van der Waals surface area contributed by atoms with Gasteiger partial charge in [-0.1, -0.05) is 64.0 Å². The molecule has 0 aromatic heterocycles. The van der Waals surface area contributed by atoms with Crippen LogP contribution in [-0.2, 0) is 9.53 Å². The largest absolute Gasteiger partial charge is 0.468 e. The quantitative estimate of drug-likeness (QED) is 0.206. The Labute approximate surface area is 169 Å². The van der Waals surface area contributed by atoms with Gasteiger partial charge in [0.2, 0.25) is 0 Å². The van der Waals surface area contributed by atoms with E-state index in [1.54, 1.807) is 26.2 Å². The van der Waals surface area contributed by atoms with Crippen molar-refractivity contribution in [3.8, 4) is 11.8 Å². The standard InChI is InChI=1S/C23H34N2O3/c1-4-5-6-7-8-9-10-11-16-25-23(26)22(17-24)19(2)20-12-14-21(15-13-20)28-18-27-3/h12-15H,4-11,16,18H2,1-3H3,(H,25,26). The molecular weight excluding hydrogens is 352 g/mol. The monoisotopic (exact) mass is 386 g/mol. The minimum atomic E-state index is -0.303. The predicted octanol–water partition coefficient (Wildman–Crippen LogP) is 5.22. The van der Waals surface area contributed by atoms with Crippen molar-refractivity contribution in [3.63, 3.8) is 0 Å². The Morgan fingerprint density at radius 3 is 2.21 bits per heavy atom. The average Bonchev–Trinajstić information content (AvgIpc) is 2.71. The van der Waals surface area contributed by atoms with Gasteiger partial charge in [0.25, 0.3) is 5.91 Å². The van der Waals surface area contributed by atoms with Gasteiger partial charge in [-0.05, 0) is 36.6 Å². The molecule has 1 aromatic rings. The second kappa shape index (κ2) is 14.7. The number of carbonyl (C=O) groups excluding carboxylic acids is 1. The first-order valence-electron chi connectivity index (χ1n) is 10.2. The first kappa shape index (κ1) is 23.7. The van der Waals surface area contributed by atoms with E-state index in [1.807, 2.05) is 18.2 Å². The average molecular weight is 387 g/mol.